The minimum absolute atomic E-state index is 0.0435. The molecule has 1 fully saturated rings. The van der Waals surface area contributed by atoms with Gasteiger partial charge in [-0.15, -0.1) is 0 Å². The maximum atomic E-state index is 12.8. The van der Waals surface area contributed by atoms with E-state index in [4.69, 9.17) is 4.74 Å². The van der Waals surface area contributed by atoms with Gasteiger partial charge in [-0.25, -0.2) is 0 Å². The van der Waals surface area contributed by atoms with Gasteiger partial charge in [-0.1, -0.05) is 36.8 Å². The van der Waals surface area contributed by atoms with Gasteiger partial charge in [0.1, 0.15) is 11.5 Å². The molecule has 25 heavy (non-hydrogen) atoms. The number of Topliss-reactive ketones (excluding diaryl/α,β-unsaturated/α-hetero) is 1. The summed E-state index contributed by atoms with van der Waals surface area (Å²) >= 11 is 0. The lowest BCUT2D eigenvalue weighted by molar-refractivity contribution is -0.125. The molecule has 2 aromatic rings. The third kappa shape index (κ3) is 3.71. The average Bonchev–Trinajstić information content (AvgIpc) is 2.64. The van der Waals surface area contributed by atoms with Gasteiger partial charge in [0.15, 0.2) is 0 Å². The smallest absolute Gasteiger partial charge is 0.136 e. The Morgan fingerprint density at radius 2 is 1.88 bits per heavy atom. The van der Waals surface area contributed by atoms with Gasteiger partial charge in [0, 0.05) is 38.0 Å². The van der Waals surface area contributed by atoms with E-state index in [-0.39, 0.29) is 11.8 Å². The van der Waals surface area contributed by atoms with Crippen LogP contribution in [0.1, 0.15) is 42.7 Å². The molecule has 3 nitrogen and oxygen atoms in total. The molecule has 1 saturated carbocycles. The van der Waals surface area contributed by atoms with E-state index >= 15 is 0 Å². The van der Waals surface area contributed by atoms with Crippen LogP contribution in [-0.4, -0.2) is 27.0 Å². The number of carbonyl (C=O) groups excluding carboxylic acids is 1. The molecule has 0 bridgehead atoms. The van der Waals surface area contributed by atoms with Crippen molar-refractivity contribution in [2.45, 2.75) is 31.6 Å². The number of para-hydroxylation sites is 1. The molecule has 0 spiro atoms. The van der Waals surface area contributed by atoms with Crippen LogP contribution in [0.2, 0.25) is 0 Å². The Hall–Kier alpha value is -2.29. The van der Waals surface area contributed by atoms with E-state index in [2.05, 4.69) is 55.4 Å². The van der Waals surface area contributed by atoms with Gasteiger partial charge in [0.2, 0.25) is 0 Å². The monoisotopic (exact) mass is 337 g/mol. The minimum atomic E-state index is 0.0435. The molecular weight excluding hydrogens is 310 g/mol. The van der Waals surface area contributed by atoms with Crippen LogP contribution in [-0.2, 0) is 4.79 Å². The summed E-state index contributed by atoms with van der Waals surface area (Å²) in [4.78, 5) is 14.9. The predicted octanol–water partition coefficient (Wildman–Crippen LogP) is 4.65. The second-order valence-electron chi connectivity index (χ2n) is 7.03. The summed E-state index contributed by atoms with van der Waals surface area (Å²) in [5.74, 6) is 1.35. The minimum Gasteiger partial charge on any atom is -0.497 e. The third-order valence-electron chi connectivity index (χ3n) is 5.21. The maximum absolute atomic E-state index is 12.8. The second kappa shape index (κ2) is 7.73. The summed E-state index contributed by atoms with van der Waals surface area (Å²) in [7, 11) is 5.81. The van der Waals surface area contributed by atoms with Gasteiger partial charge < -0.3 is 9.64 Å². The Labute approximate surface area is 150 Å². The molecule has 2 aromatic carbocycles. The van der Waals surface area contributed by atoms with Gasteiger partial charge in [-0.3, -0.25) is 4.79 Å². The molecule has 2 unspecified atom stereocenters. The van der Waals surface area contributed by atoms with Crippen molar-refractivity contribution >= 4 is 11.5 Å². The molecule has 0 aromatic heterocycles. The van der Waals surface area contributed by atoms with Crippen LogP contribution in [0.25, 0.3) is 0 Å². The molecule has 0 aliphatic heterocycles. The van der Waals surface area contributed by atoms with Crippen molar-refractivity contribution in [2.75, 3.05) is 26.1 Å². The van der Waals surface area contributed by atoms with E-state index in [1.807, 2.05) is 12.1 Å². The van der Waals surface area contributed by atoms with E-state index < -0.39 is 0 Å². The van der Waals surface area contributed by atoms with Crippen LogP contribution in [0.5, 0.6) is 5.75 Å². The molecule has 0 amide bonds. The SMILES string of the molecule is COc1cccc(C(c2ccccc2N(C)C)C2CCCCC2=O)c1. The van der Waals surface area contributed by atoms with Gasteiger partial charge in [0.25, 0.3) is 0 Å². The largest absolute Gasteiger partial charge is 0.497 e. The summed E-state index contributed by atoms with van der Waals surface area (Å²) in [6, 6.07) is 16.6. The number of nitrogens with zero attached hydrogens (tertiary/aromatic N) is 1. The maximum Gasteiger partial charge on any atom is 0.136 e. The fourth-order valence-electron chi connectivity index (χ4n) is 3.98. The van der Waals surface area contributed by atoms with Gasteiger partial charge in [0.05, 0.1) is 7.11 Å². The molecule has 2 atom stereocenters. The number of hydrogen-bond donors (Lipinski definition) is 0. The molecule has 132 valence electrons. The number of anilines is 1. The number of carbonyl (C=O) groups is 1. The standard InChI is InChI=1S/C22H27NO2/c1-23(2)20-13-6-4-11-18(20)22(19-12-5-7-14-21(19)24)16-9-8-10-17(15-16)25-3/h4,6,8-11,13,15,19,22H,5,7,12,14H2,1-3H3. The summed E-state index contributed by atoms with van der Waals surface area (Å²) in [5.41, 5.74) is 3.56. The molecule has 0 N–H and O–H groups in total. The van der Waals surface area contributed by atoms with E-state index in [1.165, 1.54) is 11.3 Å². The highest BCUT2D eigenvalue weighted by atomic mass is 16.5. The van der Waals surface area contributed by atoms with Crippen LogP contribution in [0.3, 0.4) is 0 Å². The molecule has 3 rings (SSSR count). The number of benzene rings is 2. The quantitative estimate of drug-likeness (QED) is 0.795. The fourth-order valence-corrected chi connectivity index (χ4v) is 3.98. The summed E-state index contributed by atoms with van der Waals surface area (Å²) in [6.45, 7) is 0. The zero-order valence-electron chi connectivity index (χ0n) is 15.4. The Bertz CT molecular complexity index is 738. The lowest BCUT2D eigenvalue weighted by Gasteiger charge is -2.32. The second-order valence-corrected chi connectivity index (χ2v) is 7.03. The van der Waals surface area contributed by atoms with Crippen LogP contribution in [0.15, 0.2) is 48.5 Å². The van der Waals surface area contributed by atoms with E-state index in [9.17, 15) is 4.79 Å². The number of ketones is 1. The van der Waals surface area contributed by atoms with E-state index in [0.29, 0.717) is 12.2 Å². The van der Waals surface area contributed by atoms with Crippen molar-refractivity contribution in [3.05, 3.63) is 59.7 Å². The van der Waals surface area contributed by atoms with Crippen molar-refractivity contribution in [3.8, 4) is 5.75 Å². The van der Waals surface area contributed by atoms with Crippen LogP contribution in [0, 0.1) is 5.92 Å². The van der Waals surface area contributed by atoms with Crippen molar-refractivity contribution in [1.82, 2.24) is 0 Å². The van der Waals surface area contributed by atoms with Gasteiger partial charge in [-0.05, 0) is 42.2 Å². The van der Waals surface area contributed by atoms with Crippen molar-refractivity contribution in [1.29, 1.82) is 0 Å². The van der Waals surface area contributed by atoms with Gasteiger partial charge >= 0.3 is 0 Å². The summed E-state index contributed by atoms with van der Waals surface area (Å²) in [5, 5.41) is 0. The number of methoxy groups -OCH3 is 1. The Morgan fingerprint density at radius 3 is 2.60 bits per heavy atom. The Balaban J connectivity index is 2.13. The predicted molar refractivity (Wildman–Crippen MR) is 103 cm³/mol. The molecule has 0 radical (unpaired) electrons. The number of ether oxygens (including phenoxy) is 1. The lowest BCUT2D eigenvalue weighted by Crippen LogP contribution is -2.27. The zero-order valence-corrected chi connectivity index (χ0v) is 15.4. The van der Waals surface area contributed by atoms with E-state index in [1.54, 1.807) is 7.11 Å². The first-order valence-corrected chi connectivity index (χ1v) is 9.04. The Kier molecular flexibility index (Phi) is 5.42. The van der Waals surface area contributed by atoms with E-state index in [0.717, 1.165) is 30.6 Å². The first-order chi connectivity index (χ1) is 12.1. The average molecular weight is 337 g/mol. The third-order valence-corrected chi connectivity index (χ3v) is 5.21. The van der Waals surface area contributed by atoms with Crippen LogP contribution in [0.4, 0.5) is 5.69 Å². The van der Waals surface area contributed by atoms with Crippen molar-refractivity contribution < 1.29 is 9.53 Å². The highest BCUT2D eigenvalue weighted by molar-refractivity contribution is 5.83. The first-order valence-electron chi connectivity index (χ1n) is 9.04. The molecular formula is C22H27NO2. The molecule has 3 heteroatoms. The van der Waals surface area contributed by atoms with Crippen LogP contribution >= 0.6 is 0 Å². The summed E-state index contributed by atoms with van der Waals surface area (Å²) < 4.78 is 5.44. The van der Waals surface area contributed by atoms with Crippen LogP contribution < -0.4 is 9.64 Å². The topological polar surface area (TPSA) is 29.5 Å². The Morgan fingerprint density at radius 1 is 1.08 bits per heavy atom. The normalized spacial score (nSPS) is 18.7. The lowest BCUT2D eigenvalue weighted by atomic mass is 9.72. The molecule has 0 saturated heterocycles. The number of hydrogen-bond acceptors (Lipinski definition) is 3. The highest BCUT2D eigenvalue weighted by Gasteiger charge is 2.34. The van der Waals surface area contributed by atoms with Crippen molar-refractivity contribution in [3.63, 3.8) is 0 Å². The number of rotatable bonds is 5. The molecule has 0 heterocycles. The molecule has 1 aliphatic carbocycles. The highest BCUT2D eigenvalue weighted by Crippen LogP contribution is 2.42. The van der Waals surface area contributed by atoms with Crippen molar-refractivity contribution in [2.24, 2.45) is 5.92 Å². The zero-order chi connectivity index (χ0) is 17.8. The molecule has 1 aliphatic rings. The summed E-state index contributed by atoms with van der Waals surface area (Å²) in [6.07, 6.45) is 3.81. The van der Waals surface area contributed by atoms with Gasteiger partial charge in [-0.2, -0.15) is 0 Å². The first kappa shape index (κ1) is 17.5. The fraction of sp³-hybridized carbons (Fsp3) is 0.409.